The van der Waals surface area contributed by atoms with Crippen molar-refractivity contribution < 1.29 is 8.42 Å². The molecular weight excluding hydrogens is 470 g/mol. The third-order valence-corrected chi connectivity index (χ3v) is 6.81. The molecule has 0 aliphatic heterocycles. The molecule has 7 nitrogen and oxygen atoms in total. The Bertz CT molecular complexity index is 1420. The lowest BCUT2D eigenvalue weighted by atomic mass is 10.2. The zero-order valence-electron chi connectivity index (χ0n) is 18.9. The molecule has 9 heteroatoms. The molecule has 0 fully saturated rings. The van der Waals surface area contributed by atoms with Gasteiger partial charge in [0.05, 0.1) is 4.90 Å². The Morgan fingerprint density at radius 3 is 1.79 bits per heavy atom. The van der Waals surface area contributed by atoms with E-state index < -0.39 is 10.0 Å². The standard InChI is InChI=1S/C25H24ClN5O2S/c1-16-4-7-19(8-5-16)29-24-15-25(28-18(3)27-24)30-20-9-11-21(12-10-20)31-34(32,33)22-13-6-17(2)23(26)14-22/h4-15,31H,1-3H3,(H2,27,28,29,30). The number of aromatic nitrogens is 2. The van der Waals surface area contributed by atoms with Gasteiger partial charge in [-0.15, -0.1) is 0 Å². The summed E-state index contributed by atoms with van der Waals surface area (Å²) in [6.07, 6.45) is 0. The van der Waals surface area contributed by atoms with E-state index in [-0.39, 0.29) is 4.90 Å². The van der Waals surface area contributed by atoms with Crippen LogP contribution in [-0.4, -0.2) is 18.4 Å². The van der Waals surface area contributed by atoms with E-state index in [1.807, 2.05) is 51.1 Å². The third kappa shape index (κ3) is 5.84. The van der Waals surface area contributed by atoms with Gasteiger partial charge in [-0.1, -0.05) is 35.4 Å². The summed E-state index contributed by atoms with van der Waals surface area (Å²) in [4.78, 5) is 8.98. The molecule has 0 bridgehead atoms. The first-order valence-corrected chi connectivity index (χ1v) is 12.4. The summed E-state index contributed by atoms with van der Waals surface area (Å²) in [7, 11) is -3.75. The van der Waals surface area contributed by atoms with Crippen molar-refractivity contribution in [3.8, 4) is 0 Å². The van der Waals surface area contributed by atoms with E-state index in [1.54, 1.807) is 30.3 Å². The smallest absolute Gasteiger partial charge is 0.261 e. The van der Waals surface area contributed by atoms with Crippen molar-refractivity contribution in [2.24, 2.45) is 0 Å². The maximum Gasteiger partial charge on any atom is 0.261 e. The highest BCUT2D eigenvalue weighted by atomic mass is 35.5. The summed E-state index contributed by atoms with van der Waals surface area (Å²) in [6.45, 7) is 5.67. The lowest BCUT2D eigenvalue weighted by Gasteiger charge is -2.12. The molecule has 34 heavy (non-hydrogen) atoms. The van der Waals surface area contributed by atoms with E-state index in [1.165, 1.54) is 17.7 Å². The molecule has 0 spiro atoms. The number of hydrogen-bond donors (Lipinski definition) is 3. The fourth-order valence-corrected chi connectivity index (χ4v) is 4.53. The molecule has 4 rings (SSSR count). The Morgan fingerprint density at radius 1 is 0.706 bits per heavy atom. The third-order valence-electron chi connectivity index (χ3n) is 5.03. The van der Waals surface area contributed by atoms with Crippen LogP contribution < -0.4 is 15.4 Å². The number of hydrogen-bond acceptors (Lipinski definition) is 6. The molecule has 1 heterocycles. The first kappa shape index (κ1) is 23.5. The molecule has 3 aromatic carbocycles. The second-order valence-electron chi connectivity index (χ2n) is 7.90. The number of nitrogens with one attached hydrogen (secondary N) is 3. The summed E-state index contributed by atoms with van der Waals surface area (Å²) < 4.78 is 27.9. The molecule has 0 unspecified atom stereocenters. The van der Waals surface area contributed by atoms with Crippen LogP contribution in [0.2, 0.25) is 5.02 Å². The number of nitrogens with zero attached hydrogens (tertiary/aromatic N) is 2. The van der Waals surface area contributed by atoms with Crippen molar-refractivity contribution in [2.45, 2.75) is 25.7 Å². The number of rotatable bonds is 7. The lowest BCUT2D eigenvalue weighted by Crippen LogP contribution is -2.13. The minimum atomic E-state index is -3.75. The average molecular weight is 494 g/mol. The van der Waals surface area contributed by atoms with Gasteiger partial charge in [-0.2, -0.15) is 0 Å². The van der Waals surface area contributed by atoms with Gasteiger partial charge in [0.25, 0.3) is 10.0 Å². The van der Waals surface area contributed by atoms with Crippen LogP contribution in [0.4, 0.5) is 28.7 Å². The Hall–Kier alpha value is -3.62. The topological polar surface area (TPSA) is 96.0 Å². The van der Waals surface area contributed by atoms with Crippen LogP contribution in [0.1, 0.15) is 17.0 Å². The summed E-state index contributed by atoms with van der Waals surface area (Å²) in [5, 5.41) is 6.91. The largest absolute Gasteiger partial charge is 0.340 e. The van der Waals surface area contributed by atoms with Gasteiger partial charge < -0.3 is 10.6 Å². The average Bonchev–Trinajstić information content (AvgIpc) is 2.78. The van der Waals surface area contributed by atoms with Gasteiger partial charge in [-0.05, 0) is 74.9 Å². The van der Waals surface area contributed by atoms with Gasteiger partial charge in [0.15, 0.2) is 0 Å². The molecule has 0 aliphatic carbocycles. The zero-order valence-corrected chi connectivity index (χ0v) is 20.5. The zero-order chi connectivity index (χ0) is 24.3. The highest BCUT2D eigenvalue weighted by molar-refractivity contribution is 7.92. The van der Waals surface area contributed by atoms with Crippen molar-refractivity contribution in [1.29, 1.82) is 0 Å². The van der Waals surface area contributed by atoms with E-state index >= 15 is 0 Å². The summed E-state index contributed by atoms with van der Waals surface area (Å²) in [5.41, 5.74) is 4.11. The fourth-order valence-electron chi connectivity index (χ4n) is 3.20. The summed E-state index contributed by atoms with van der Waals surface area (Å²) in [6, 6.07) is 21.4. The first-order valence-electron chi connectivity index (χ1n) is 10.5. The number of sulfonamides is 1. The number of benzene rings is 3. The van der Waals surface area contributed by atoms with Crippen molar-refractivity contribution in [2.75, 3.05) is 15.4 Å². The minimum absolute atomic E-state index is 0.107. The quantitative estimate of drug-likeness (QED) is 0.278. The molecule has 3 N–H and O–H groups in total. The summed E-state index contributed by atoms with van der Waals surface area (Å²) in [5.74, 6) is 1.89. The maximum absolute atomic E-state index is 12.7. The van der Waals surface area contributed by atoms with Crippen LogP contribution in [0.3, 0.4) is 0 Å². The molecule has 0 saturated carbocycles. The normalized spacial score (nSPS) is 11.2. The van der Waals surface area contributed by atoms with E-state index in [9.17, 15) is 8.42 Å². The van der Waals surface area contributed by atoms with Crippen molar-refractivity contribution in [3.63, 3.8) is 0 Å². The summed E-state index contributed by atoms with van der Waals surface area (Å²) >= 11 is 6.08. The lowest BCUT2D eigenvalue weighted by molar-refractivity contribution is 0.601. The van der Waals surface area contributed by atoms with Gasteiger partial charge in [0.2, 0.25) is 0 Å². The van der Waals surface area contributed by atoms with Crippen molar-refractivity contribution >= 4 is 50.3 Å². The first-order chi connectivity index (χ1) is 16.2. The molecule has 0 aliphatic rings. The predicted molar refractivity (Wildman–Crippen MR) is 138 cm³/mol. The van der Waals surface area contributed by atoms with Gasteiger partial charge in [0.1, 0.15) is 17.5 Å². The molecule has 1 aromatic heterocycles. The molecule has 4 aromatic rings. The Balaban J connectivity index is 1.46. The molecule has 0 saturated heterocycles. The second-order valence-corrected chi connectivity index (χ2v) is 9.99. The molecule has 0 atom stereocenters. The van der Waals surface area contributed by atoms with E-state index in [0.29, 0.717) is 28.2 Å². The molecule has 0 amide bonds. The maximum atomic E-state index is 12.7. The SMILES string of the molecule is Cc1ccc(Nc2cc(Nc3ccc(NS(=O)(=O)c4ccc(C)c(Cl)c4)cc3)nc(C)n2)cc1. The van der Waals surface area contributed by atoms with E-state index in [2.05, 4.69) is 25.3 Å². The van der Waals surface area contributed by atoms with Crippen molar-refractivity contribution in [3.05, 3.63) is 94.8 Å². The van der Waals surface area contributed by atoms with E-state index in [0.717, 1.165) is 16.9 Å². The van der Waals surface area contributed by atoms with Gasteiger partial charge in [0, 0.05) is 28.2 Å². The fraction of sp³-hybridized carbons (Fsp3) is 0.120. The van der Waals surface area contributed by atoms with Crippen LogP contribution in [0.5, 0.6) is 0 Å². The van der Waals surface area contributed by atoms with Crippen LogP contribution in [0.25, 0.3) is 0 Å². The van der Waals surface area contributed by atoms with Gasteiger partial charge in [-0.25, -0.2) is 18.4 Å². The van der Waals surface area contributed by atoms with Gasteiger partial charge in [-0.3, -0.25) is 4.72 Å². The number of halogens is 1. The molecule has 174 valence electrons. The van der Waals surface area contributed by atoms with Crippen LogP contribution >= 0.6 is 11.6 Å². The predicted octanol–water partition coefficient (Wildman–Crippen LogP) is 6.34. The molecular formula is C25H24ClN5O2S. The Labute approximate surface area is 204 Å². The van der Waals surface area contributed by atoms with E-state index in [4.69, 9.17) is 11.6 Å². The Kier molecular flexibility index (Phi) is 6.72. The van der Waals surface area contributed by atoms with Gasteiger partial charge >= 0.3 is 0 Å². The highest BCUT2D eigenvalue weighted by Crippen LogP contribution is 2.25. The molecule has 0 radical (unpaired) electrons. The van der Waals surface area contributed by atoms with Crippen LogP contribution in [0.15, 0.2) is 77.7 Å². The number of anilines is 5. The van der Waals surface area contributed by atoms with Crippen LogP contribution in [0, 0.1) is 20.8 Å². The number of aryl methyl sites for hydroxylation is 3. The monoisotopic (exact) mass is 493 g/mol. The minimum Gasteiger partial charge on any atom is -0.340 e. The van der Waals surface area contributed by atoms with Crippen molar-refractivity contribution in [1.82, 2.24) is 9.97 Å². The second kappa shape index (κ2) is 9.70. The highest BCUT2D eigenvalue weighted by Gasteiger charge is 2.15. The Morgan fingerprint density at radius 2 is 1.24 bits per heavy atom. The van der Waals surface area contributed by atoms with Crippen LogP contribution in [-0.2, 0) is 10.0 Å².